The Morgan fingerprint density at radius 3 is 2.32 bits per heavy atom. The molecule has 0 aromatic heterocycles. The van der Waals surface area contributed by atoms with Gasteiger partial charge in [-0.1, -0.05) is 30.7 Å². The summed E-state index contributed by atoms with van der Waals surface area (Å²) in [6, 6.07) is 0. The van der Waals surface area contributed by atoms with Gasteiger partial charge in [-0.2, -0.15) is 0 Å². The lowest BCUT2D eigenvalue weighted by Crippen LogP contribution is -2.12. The summed E-state index contributed by atoms with van der Waals surface area (Å²) in [6.07, 6.45) is 8.37. The molecule has 0 spiro atoms. The fraction of sp³-hybridized carbons (Fsp3) is 0.611. The number of ether oxygens (including phenoxy) is 1. The molecule has 3 atom stereocenters. The minimum atomic E-state index is -0.525. The van der Waals surface area contributed by atoms with E-state index >= 15 is 0 Å². The second-order valence-corrected chi connectivity index (χ2v) is 5.80. The van der Waals surface area contributed by atoms with E-state index in [0.29, 0.717) is 6.42 Å². The van der Waals surface area contributed by atoms with Crippen molar-refractivity contribution in [3.8, 4) is 0 Å². The van der Waals surface area contributed by atoms with Crippen molar-refractivity contribution in [2.75, 3.05) is 7.11 Å². The standard InChI is InChI=1S/C18H30O4/c1-13(10-12-18(21)22-5)9-11-17(20)15(3)8-6-7-14(2)16(4)19/h8-10,12,14,16-17,19-20H,6-7,11H2,1-5H3/b12-10+,13-9+,15-8+/t14-,16-,17-/m0/s1. The molecule has 0 aliphatic heterocycles. The topological polar surface area (TPSA) is 66.8 Å². The van der Waals surface area contributed by atoms with Crippen LogP contribution in [0.25, 0.3) is 0 Å². The molecule has 0 radical (unpaired) electrons. The molecular formula is C18H30O4. The van der Waals surface area contributed by atoms with Crippen molar-refractivity contribution in [3.63, 3.8) is 0 Å². The van der Waals surface area contributed by atoms with Crippen LogP contribution in [0, 0.1) is 5.92 Å². The van der Waals surface area contributed by atoms with Gasteiger partial charge in [-0.05, 0) is 51.5 Å². The lowest BCUT2D eigenvalue weighted by molar-refractivity contribution is -0.134. The first-order chi connectivity index (χ1) is 10.3. The highest BCUT2D eigenvalue weighted by Gasteiger charge is 2.08. The minimum absolute atomic E-state index is 0.256. The van der Waals surface area contributed by atoms with Gasteiger partial charge in [0, 0.05) is 6.08 Å². The van der Waals surface area contributed by atoms with Gasteiger partial charge in [0.25, 0.3) is 0 Å². The van der Waals surface area contributed by atoms with E-state index in [9.17, 15) is 15.0 Å². The first-order valence-electron chi connectivity index (χ1n) is 7.73. The highest BCUT2D eigenvalue weighted by atomic mass is 16.5. The normalized spacial score (nSPS) is 17.4. The molecule has 22 heavy (non-hydrogen) atoms. The quantitative estimate of drug-likeness (QED) is 0.297. The van der Waals surface area contributed by atoms with Gasteiger partial charge in [-0.3, -0.25) is 0 Å². The van der Waals surface area contributed by atoms with Crippen molar-refractivity contribution in [2.24, 2.45) is 5.92 Å². The molecule has 0 aromatic rings. The molecule has 0 saturated carbocycles. The van der Waals surface area contributed by atoms with Crippen LogP contribution in [0.15, 0.2) is 35.5 Å². The predicted octanol–water partition coefficient (Wildman–Crippen LogP) is 3.16. The summed E-state index contributed by atoms with van der Waals surface area (Å²) in [5.41, 5.74) is 1.83. The maximum atomic E-state index is 11.0. The molecule has 0 amide bonds. The Hall–Kier alpha value is -1.39. The van der Waals surface area contributed by atoms with Gasteiger partial charge >= 0.3 is 5.97 Å². The van der Waals surface area contributed by atoms with Gasteiger partial charge < -0.3 is 14.9 Å². The summed E-state index contributed by atoms with van der Waals surface area (Å²) in [5.74, 6) is -0.136. The molecule has 0 bridgehead atoms. The van der Waals surface area contributed by atoms with Crippen molar-refractivity contribution in [1.82, 2.24) is 0 Å². The molecule has 0 aromatic carbocycles. The Morgan fingerprint density at radius 2 is 1.77 bits per heavy atom. The van der Waals surface area contributed by atoms with Crippen LogP contribution in [0.1, 0.15) is 47.0 Å². The minimum Gasteiger partial charge on any atom is -0.466 e. The molecule has 0 aliphatic carbocycles. The van der Waals surface area contributed by atoms with Crippen LogP contribution in [0.3, 0.4) is 0 Å². The highest BCUT2D eigenvalue weighted by Crippen LogP contribution is 2.14. The summed E-state index contributed by atoms with van der Waals surface area (Å²) in [5, 5.41) is 19.5. The molecule has 4 heteroatoms. The zero-order chi connectivity index (χ0) is 17.1. The second kappa shape index (κ2) is 11.2. The zero-order valence-corrected chi connectivity index (χ0v) is 14.4. The van der Waals surface area contributed by atoms with E-state index < -0.39 is 12.1 Å². The summed E-state index contributed by atoms with van der Waals surface area (Å²) in [6.45, 7) is 7.59. The Balaban J connectivity index is 4.31. The SMILES string of the molecule is COC(=O)/C=C/C(C)=C/C[C@H](O)/C(C)=C/CC[C@H](C)[C@H](C)O. The van der Waals surface area contributed by atoms with Crippen LogP contribution in [0.4, 0.5) is 0 Å². The largest absolute Gasteiger partial charge is 0.466 e. The number of hydrogen-bond donors (Lipinski definition) is 2. The fourth-order valence-corrected chi connectivity index (χ4v) is 1.77. The van der Waals surface area contributed by atoms with E-state index in [0.717, 1.165) is 24.0 Å². The number of carbonyl (C=O) groups is 1. The van der Waals surface area contributed by atoms with Crippen LogP contribution in [-0.2, 0) is 9.53 Å². The van der Waals surface area contributed by atoms with Gasteiger partial charge in [0.05, 0.1) is 19.3 Å². The Morgan fingerprint density at radius 1 is 1.14 bits per heavy atom. The first-order valence-corrected chi connectivity index (χ1v) is 7.73. The summed E-state index contributed by atoms with van der Waals surface area (Å²) >= 11 is 0. The molecule has 2 N–H and O–H groups in total. The molecule has 0 aliphatic rings. The molecule has 0 rings (SSSR count). The number of rotatable bonds is 9. The number of esters is 1. The van der Waals surface area contributed by atoms with Crippen LogP contribution in [0.2, 0.25) is 0 Å². The van der Waals surface area contributed by atoms with Crippen molar-refractivity contribution in [2.45, 2.75) is 59.2 Å². The van der Waals surface area contributed by atoms with E-state index in [1.807, 2.05) is 32.9 Å². The van der Waals surface area contributed by atoms with Crippen LogP contribution >= 0.6 is 0 Å². The molecular weight excluding hydrogens is 280 g/mol. The van der Waals surface area contributed by atoms with E-state index in [-0.39, 0.29) is 12.0 Å². The number of hydrogen-bond acceptors (Lipinski definition) is 4. The number of carbonyl (C=O) groups excluding carboxylic acids is 1. The second-order valence-electron chi connectivity index (χ2n) is 5.80. The fourth-order valence-electron chi connectivity index (χ4n) is 1.77. The number of methoxy groups -OCH3 is 1. The number of aliphatic hydroxyl groups excluding tert-OH is 2. The van der Waals surface area contributed by atoms with Gasteiger partial charge in [0.2, 0.25) is 0 Å². The van der Waals surface area contributed by atoms with Crippen LogP contribution < -0.4 is 0 Å². The average molecular weight is 310 g/mol. The molecule has 4 nitrogen and oxygen atoms in total. The number of allylic oxidation sites excluding steroid dienone is 3. The Kier molecular flexibility index (Phi) is 10.5. The lowest BCUT2D eigenvalue weighted by Gasteiger charge is -2.14. The highest BCUT2D eigenvalue weighted by molar-refractivity contribution is 5.82. The van der Waals surface area contributed by atoms with E-state index in [2.05, 4.69) is 4.74 Å². The summed E-state index contributed by atoms with van der Waals surface area (Å²) < 4.78 is 4.52. The molecule has 126 valence electrons. The van der Waals surface area contributed by atoms with Crippen molar-refractivity contribution >= 4 is 5.97 Å². The molecule has 0 unspecified atom stereocenters. The monoisotopic (exact) mass is 310 g/mol. The number of aliphatic hydroxyl groups is 2. The molecule has 0 heterocycles. The zero-order valence-electron chi connectivity index (χ0n) is 14.4. The van der Waals surface area contributed by atoms with E-state index in [1.54, 1.807) is 13.0 Å². The van der Waals surface area contributed by atoms with Gasteiger partial charge in [-0.15, -0.1) is 0 Å². The maximum Gasteiger partial charge on any atom is 0.330 e. The van der Waals surface area contributed by atoms with Crippen LogP contribution in [-0.4, -0.2) is 35.5 Å². The predicted molar refractivity (Wildman–Crippen MR) is 89.4 cm³/mol. The maximum absolute atomic E-state index is 11.0. The molecule has 0 fully saturated rings. The third-order valence-corrected chi connectivity index (χ3v) is 3.78. The first kappa shape index (κ1) is 20.6. The summed E-state index contributed by atoms with van der Waals surface area (Å²) in [7, 11) is 1.34. The van der Waals surface area contributed by atoms with E-state index in [4.69, 9.17) is 0 Å². The third-order valence-electron chi connectivity index (χ3n) is 3.78. The van der Waals surface area contributed by atoms with Crippen molar-refractivity contribution in [1.29, 1.82) is 0 Å². The van der Waals surface area contributed by atoms with Crippen LogP contribution in [0.5, 0.6) is 0 Å². The average Bonchev–Trinajstić information content (AvgIpc) is 2.49. The summed E-state index contributed by atoms with van der Waals surface area (Å²) in [4.78, 5) is 11.0. The van der Waals surface area contributed by atoms with Gasteiger partial charge in [0.15, 0.2) is 0 Å². The smallest absolute Gasteiger partial charge is 0.330 e. The van der Waals surface area contributed by atoms with E-state index in [1.165, 1.54) is 13.2 Å². The van der Waals surface area contributed by atoms with Crippen molar-refractivity contribution < 1.29 is 19.7 Å². The van der Waals surface area contributed by atoms with Crippen molar-refractivity contribution in [3.05, 3.63) is 35.5 Å². The Bertz CT molecular complexity index is 419. The molecule has 0 saturated heterocycles. The lowest BCUT2D eigenvalue weighted by atomic mass is 9.98. The third kappa shape index (κ3) is 9.53. The van der Waals surface area contributed by atoms with Gasteiger partial charge in [0.1, 0.15) is 0 Å². The Labute approximate surface area is 134 Å². The van der Waals surface area contributed by atoms with Gasteiger partial charge in [-0.25, -0.2) is 4.79 Å².